The summed E-state index contributed by atoms with van der Waals surface area (Å²) in [6.07, 6.45) is 2.71. The Hall–Kier alpha value is -1.10. The smallest absolute Gasteiger partial charge is 0.123 e. The minimum Gasteiger partial charge on any atom is -0.492 e. The van der Waals surface area contributed by atoms with E-state index in [1.807, 2.05) is 13.2 Å². The molecule has 1 N–H and O–H groups in total. The van der Waals surface area contributed by atoms with E-state index >= 15 is 0 Å². The summed E-state index contributed by atoms with van der Waals surface area (Å²) < 4.78 is 11.4. The molecule has 4 nitrogen and oxygen atoms in total. The van der Waals surface area contributed by atoms with Gasteiger partial charge in [-0.05, 0) is 25.5 Å². The highest BCUT2D eigenvalue weighted by molar-refractivity contribution is 5.33. The quantitative estimate of drug-likeness (QED) is 0.797. The Balaban J connectivity index is 1.73. The van der Waals surface area contributed by atoms with Crippen molar-refractivity contribution in [1.82, 2.24) is 10.2 Å². The van der Waals surface area contributed by atoms with Crippen molar-refractivity contribution in [2.75, 3.05) is 39.9 Å². The van der Waals surface area contributed by atoms with Crippen molar-refractivity contribution in [2.45, 2.75) is 32.4 Å². The molecular weight excluding hydrogens is 264 g/mol. The number of hydrogen-bond donors (Lipinski definition) is 1. The lowest BCUT2D eigenvalue weighted by molar-refractivity contribution is 0.0374. The lowest BCUT2D eigenvalue weighted by Crippen LogP contribution is -2.38. The van der Waals surface area contributed by atoms with E-state index in [4.69, 9.17) is 9.47 Å². The van der Waals surface area contributed by atoms with Gasteiger partial charge in [0.05, 0.1) is 6.10 Å². The molecule has 1 aromatic carbocycles. The maximum atomic E-state index is 5.98. The molecule has 1 aliphatic rings. The van der Waals surface area contributed by atoms with Crippen LogP contribution in [0.3, 0.4) is 0 Å². The molecule has 1 fully saturated rings. The van der Waals surface area contributed by atoms with Gasteiger partial charge in [-0.3, -0.25) is 4.90 Å². The summed E-state index contributed by atoms with van der Waals surface area (Å²) in [4.78, 5) is 2.46. The van der Waals surface area contributed by atoms with Gasteiger partial charge in [0.1, 0.15) is 12.4 Å². The van der Waals surface area contributed by atoms with Gasteiger partial charge < -0.3 is 14.8 Å². The molecule has 0 unspecified atom stereocenters. The topological polar surface area (TPSA) is 33.7 Å². The number of piperidine rings is 1. The number of nitrogens with zero attached hydrogens (tertiary/aromatic N) is 1. The van der Waals surface area contributed by atoms with Crippen LogP contribution in [0.1, 0.15) is 25.3 Å². The summed E-state index contributed by atoms with van der Waals surface area (Å²) in [6.45, 7) is 7.93. The predicted octanol–water partition coefficient (Wildman–Crippen LogP) is 2.29. The first-order valence-corrected chi connectivity index (χ1v) is 8.00. The standard InChI is InChI=1S/C17H28N2O2/c1-3-18-14-15-6-4-5-7-17(15)21-13-12-19-10-8-16(20-2)9-11-19/h4-7,16,18H,3,8-14H2,1-2H3. The zero-order valence-electron chi connectivity index (χ0n) is 13.3. The van der Waals surface area contributed by atoms with Gasteiger partial charge in [0.15, 0.2) is 0 Å². The first-order valence-electron chi connectivity index (χ1n) is 8.00. The minimum absolute atomic E-state index is 0.447. The second-order valence-corrected chi connectivity index (χ2v) is 5.51. The molecule has 0 aromatic heterocycles. The molecule has 118 valence electrons. The van der Waals surface area contributed by atoms with Crippen LogP contribution in [-0.2, 0) is 11.3 Å². The first kappa shape index (κ1) is 16.3. The average Bonchev–Trinajstić information content (AvgIpc) is 2.54. The molecule has 2 rings (SSSR count). The summed E-state index contributed by atoms with van der Waals surface area (Å²) in [6, 6.07) is 8.29. The van der Waals surface area contributed by atoms with Gasteiger partial charge in [0, 0.05) is 38.9 Å². The molecule has 1 saturated heterocycles. The van der Waals surface area contributed by atoms with Crippen LogP contribution in [0.15, 0.2) is 24.3 Å². The summed E-state index contributed by atoms with van der Waals surface area (Å²) in [5, 5.41) is 3.35. The third-order valence-corrected chi connectivity index (χ3v) is 4.07. The molecule has 0 amide bonds. The van der Waals surface area contributed by atoms with Gasteiger partial charge in [-0.1, -0.05) is 25.1 Å². The Morgan fingerprint density at radius 3 is 2.71 bits per heavy atom. The molecule has 0 spiro atoms. The molecule has 21 heavy (non-hydrogen) atoms. The lowest BCUT2D eigenvalue weighted by atomic mass is 10.1. The molecular formula is C17H28N2O2. The van der Waals surface area contributed by atoms with Crippen molar-refractivity contribution in [2.24, 2.45) is 0 Å². The van der Waals surface area contributed by atoms with Crippen LogP contribution in [0, 0.1) is 0 Å². The molecule has 0 saturated carbocycles. The van der Waals surface area contributed by atoms with E-state index in [0.717, 1.165) is 57.9 Å². The number of hydrogen-bond acceptors (Lipinski definition) is 4. The van der Waals surface area contributed by atoms with E-state index in [-0.39, 0.29) is 0 Å². The normalized spacial score (nSPS) is 17.0. The van der Waals surface area contributed by atoms with Crippen molar-refractivity contribution in [1.29, 1.82) is 0 Å². The molecule has 4 heteroatoms. The molecule has 1 aromatic rings. The van der Waals surface area contributed by atoms with Crippen LogP contribution in [0.25, 0.3) is 0 Å². The van der Waals surface area contributed by atoms with E-state index in [2.05, 4.69) is 35.3 Å². The van der Waals surface area contributed by atoms with Crippen LogP contribution in [0.5, 0.6) is 5.75 Å². The number of ether oxygens (including phenoxy) is 2. The predicted molar refractivity (Wildman–Crippen MR) is 85.8 cm³/mol. The fourth-order valence-corrected chi connectivity index (χ4v) is 2.70. The first-order chi connectivity index (χ1) is 10.3. The van der Waals surface area contributed by atoms with Crippen molar-refractivity contribution < 1.29 is 9.47 Å². The highest BCUT2D eigenvalue weighted by atomic mass is 16.5. The van der Waals surface area contributed by atoms with Gasteiger partial charge in [-0.2, -0.15) is 0 Å². The fourth-order valence-electron chi connectivity index (χ4n) is 2.70. The van der Waals surface area contributed by atoms with Crippen molar-refractivity contribution >= 4 is 0 Å². The third kappa shape index (κ3) is 5.30. The van der Waals surface area contributed by atoms with E-state index in [0.29, 0.717) is 6.10 Å². The van der Waals surface area contributed by atoms with Crippen LogP contribution in [-0.4, -0.2) is 50.9 Å². The number of rotatable bonds is 8. The van der Waals surface area contributed by atoms with Gasteiger partial charge in [0.2, 0.25) is 0 Å². The highest BCUT2D eigenvalue weighted by Crippen LogP contribution is 2.18. The molecule has 0 radical (unpaired) electrons. The summed E-state index contributed by atoms with van der Waals surface area (Å²) in [5.41, 5.74) is 1.23. The molecule has 1 heterocycles. The maximum Gasteiger partial charge on any atom is 0.123 e. The maximum absolute atomic E-state index is 5.98. The van der Waals surface area contributed by atoms with Gasteiger partial charge >= 0.3 is 0 Å². The van der Waals surface area contributed by atoms with Crippen molar-refractivity contribution in [3.05, 3.63) is 29.8 Å². The van der Waals surface area contributed by atoms with Crippen LogP contribution >= 0.6 is 0 Å². The van der Waals surface area contributed by atoms with Gasteiger partial charge in [-0.15, -0.1) is 0 Å². The number of nitrogens with one attached hydrogen (secondary N) is 1. The number of likely N-dealkylation sites (tertiary alicyclic amines) is 1. The Kier molecular flexibility index (Phi) is 7.00. The molecule has 1 aliphatic heterocycles. The fraction of sp³-hybridized carbons (Fsp3) is 0.647. The Labute approximate surface area is 128 Å². The van der Waals surface area contributed by atoms with E-state index in [1.54, 1.807) is 0 Å². The van der Waals surface area contributed by atoms with Crippen LogP contribution < -0.4 is 10.1 Å². The van der Waals surface area contributed by atoms with E-state index in [9.17, 15) is 0 Å². The number of para-hydroxylation sites is 1. The van der Waals surface area contributed by atoms with E-state index < -0.39 is 0 Å². The largest absolute Gasteiger partial charge is 0.492 e. The SMILES string of the molecule is CCNCc1ccccc1OCCN1CCC(OC)CC1. The molecule has 0 aliphatic carbocycles. The number of benzene rings is 1. The van der Waals surface area contributed by atoms with Gasteiger partial charge in [-0.25, -0.2) is 0 Å². The summed E-state index contributed by atoms with van der Waals surface area (Å²) in [7, 11) is 1.81. The second kappa shape index (κ2) is 9.03. The Bertz CT molecular complexity index is 404. The summed E-state index contributed by atoms with van der Waals surface area (Å²) in [5.74, 6) is 1.00. The molecule has 0 atom stereocenters. The number of methoxy groups -OCH3 is 1. The Morgan fingerprint density at radius 1 is 1.24 bits per heavy atom. The monoisotopic (exact) mass is 292 g/mol. The van der Waals surface area contributed by atoms with Gasteiger partial charge in [0.25, 0.3) is 0 Å². The van der Waals surface area contributed by atoms with E-state index in [1.165, 1.54) is 5.56 Å². The van der Waals surface area contributed by atoms with Crippen LogP contribution in [0.2, 0.25) is 0 Å². The second-order valence-electron chi connectivity index (χ2n) is 5.51. The zero-order valence-corrected chi connectivity index (χ0v) is 13.3. The zero-order chi connectivity index (χ0) is 14.9. The average molecular weight is 292 g/mol. The van der Waals surface area contributed by atoms with Crippen LogP contribution in [0.4, 0.5) is 0 Å². The minimum atomic E-state index is 0.447. The Morgan fingerprint density at radius 2 is 2.00 bits per heavy atom. The molecule has 0 bridgehead atoms. The lowest BCUT2D eigenvalue weighted by Gasteiger charge is -2.31. The highest BCUT2D eigenvalue weighted by Gasteiger charge is 2.18. The third-order valence-electron chi connectivity index (χ3n) is 4.07. The van der Waals surface area contributed by atoms with Crippen molar-refractivity contribution in [3.8, 4) is 5.75 Å². The van der Waals surface area contributed by atoms with Crippen molar-refractivity contribution in [3.63, 3.8) is 0 Å². The summed E-state index contributed by atoms with van der Waals surface area (Å²) >= 11 is 0.